The van der Waals surface area contributed by atoms with Gasteiger partial charge in [0.2, 0.25) is 10.0 Å². The third-order valence-corrected chi connectivity index (χ3v) is 4.10. The Kier molecular flexibility index (Phi) is 3.68. The second-order valence-corrected chi connectivity index (χ2v) is 5.92. The molecule has 18 heavy (non-hydrogen) atoms. The SMILES string of the molecule is CCCCc1ccc2ccccc2c1S(N)(=O)=O. The predicted octanol–water partition coefficient (Wildman–Crippen LogP) is 2.83. The second-order valence-electron chi connectivity index (χ2n) is 4.42. The molecular weight excluding hydrogens is 246 g/mol. The maximum Gasteiger partial charge on any atom is 0.238 e. The molecule has 0 saturated heterocycles. The summed E-state index contributed by atoms with van der Waals surface area (Å²) in [5.74, 6) is 0. The Bertz CT molecular complexity index is 663. The van der Waals surface area contributed by atoms with Crippen LogP contribution in [0.2, 0.25) is 0 Å². The van der Waals surface area contributed by atoms with Gasteiger partial charge in [-0.05, 0) is 23.8 Å². The number of aryl methyl sites for hydroxylation is 1. The zero-order valence-electron chi connectivity index (χ0n) is 10.4. The van der Waals surface area contributed by atoms with Crippen molar-refractivity contribution in [2.75, 3.05) is 0 Å². The Labute approximate surface area is 108 Å². The number of sulfonamides is 1. The van der Waals surface area contributed by atoms with E-state index < -0.39 is 10.0 Å². The minimum Gasteiger partial charge on any atom is -0.225 e. The van der Waals surface area contributed by atoms with Crippen LogP contribution in [0, 0.1) is 0 Å². The molecule has 0 amide bonds. The Balaban J connectivity index is 2.72. The third kappa shape index (κ3) is 2.54. The smallest absolute Gasteiger partial charge is 0.225 e. The molecule has 0 saturated carbocycles. The number of nitrogens with two attached hydrogens (primary N) is 1. The molecule has 0 fully saturated rings. The van der Waals surface area contributed by atoms with Crippen molar-refractivity contribution in [3.8, 4) is 0 Å². The van der Waals surface area contributed by atoms with Crippen LogP contribution >= 0.6 is 0 Å². The summed E-state index contributed by atoms with van der Waals surface area (Å²) >= 11 is 0. The van der Waals surface area contributed by atoms with E-state index in [0.717, 1.165) is 30.2 Å². The monoisotopic (exact) mass is 263 g/mol. The van der Waals surface area contributed by atoms with E-state index in [1.165, 1.54) is 0 Å². The number of benzene rings is 2. The lowest BCUT2D eigenvalue weighted by atomic mass is 10.0. The molecule has 96 valence electrons. The number of hydrogen-bond donors (Lipinski definition) is 1. The summed E-state index contributed by atoms with van der Waals surface area (Å²) in [7, 11) is -3.69. The van der Waals surface area contributed by atoms with Crippen molar-refractivity contribution in [2.45, 2.75) is 31.1 Å². The quantitative estimate of drug-likeness (QED) is 0.922. The van der Waals surface area contributed by atoms with Crippen molar-refractivity contribution >= 4 is 20.8 Å². The van der Waals surface area contributed by atoms with Gasteiger partial charge in [0.15, 0.2) is 0 Å². The zero-order valence-corrected chi connectivity index (χ0v) is 11.2. The molecule has 0 unspecified atom stereocenters. The van der Waals surface area contributed by atoms with Crippen molar-refractivity contribution < 1.29 is 8.42 Å². The molecule has 0 spiro atoms. The van der Waals surface area contributed by atoms with E-state index in [4.69, 9.17) is 5.14 Å². The van der Waals surface area contributed by atoms with Crippen molar-refractivity contribution in [1.29, 1.82) is 0 Å². The van der Waals surface area contributed by atoms with Crippen LogP contribution in [0.1, 0.15) is 25.3 Å². The highest BCUT2D eigenvalue weighted by molar-refractivity contribution is 7.89. The molecule has 3 nitrogen and oxygen atoms in total. The molecule has 0 aliphatic heterocycles. The summed E-state index contributed by atoms with van der Waals surface area (Å²) in [6, 6.07) is 11.3. The highest BCUT2D eigenvalue weighted by atomic mass is 32.2. The molecule has 2 N–H and O–H groups in total. The minimum absolute atomic E-state index is 0.286. The number of fused-ring (bicyclic) bond motifs is 1. The van der Waals surface area contributed by atoms with Crippen LogP contribution in [0.4, 0.5) is 0 Å². The van der Waals surface area contributed by atoms with Crippen LogP contribution in [0.15, 0.2) is 41.3 Å². The van der Waals surface area contributed by atoms with Gasteiger partial charge in [0, 0.05) is 5.39 Å². The highest BCUT2D eigenvalue weighted by Crippen LogP contribution is 2.27. The van der Waals surface area contributed by atoms with Crippen molar-refractivity contribution in [3.63, 3.8) is 0 Å². The van der Waals surface area contributed by atoms with Gasteiger partial charge >= 0.3 is 0 Å². The molecule has 2 aromatic rings. The van der Waals surface area contributed by atoms with Crippen molar-refractivity contribution in [2.24, 2.45) is 5.14 Å². The highest BCUT2D eigenvalue weighted by Gasteiger charge is 2.17. The average Bonchev–Trinajstić information content (AvgIpc) is 2.34. The number of hydrogen-bond acceptors (Lipinski definition) is 2. The maximum absolute atomic E-state index is 11.8. The van der Waals surface area contributed by atoms with Gasteiger partial charge in [-0.2, -0.15) is 0 Å². The fourth-order valence-corrected chi connectivity index (χ4v) is 3.22. The molecule has 0 radical (unpaired) electrons. The summed E-state index contributed by atoms with van der Waals surface area (Å²) in [6.07, 6.45) is 2.73. The average molecular weight is 263 g/mol. The molecule has 2 aromatic carbocycles. The Hall–Kier alpha value is -1.39. The van der Waals surface area contributed by atoms with Crippen LogP contribution in [0.25, 0.3) is 10.8 Å². The van der Waals surface area contributed by atoms with Crippen LogP contribution in [-0.2, 0) is 16.4 Å². The lowest BCUT2D eigenvalue weighted by molar-refractivity contribution is 0.597. The fourth-order valence-electron chi connectivity index (χ4n) is 2.19. The fraction of sp³-hybridized carbons (Fsp3) is 0.286. The normalized spacial score (nSPS) is 11.9. The molecule has 0 aromatic heterocycles. The van der Waals surface area contributed by atoms with Gasteiger partial charge < -0.3 is 0 Å². The van der Waals surface area contributed by atoms with Crippen LogP contribution in [-0.4, -0.2) is 8.42 Å². The van der Waals surface area contributed by atoms with Gasteiger partial charge in [-0.3, -0.25) is 0 Å². The summed E-state index contributed by atoms with van der Waals surface area (Å²) < 4.78 is 23.6. The molecular formula is C14H17NO2S. The first-order chi connectivity index (χ1) is 8.54. The first-order valence-corrected chi connectivity index (χ1v) is 7.62. The number of rotatable bonds is 4. The summed E-state index contributed by atoms with van der Waals surface area (Å²) in [5.41, 5.74) is 0.818. The lowest BCUT2D eigenvalue weighted by Crippen LogP contribution is -2.15. The van der Waals surface area contributed by atoms with E-state index in [2.05, 4.69) is 6.92 Å². The Morgan fingerprint density at radius 1 is 1.11 bits per heavy atom. The van der Waals surface area contributed by atoms with Crippen molar-refractivity contribution in [1.82, 2.24) is 0 Å². The summed E-state index contributed by atoms with van der Waals surface area (Å²) in [6.45, 7) is 2.08. The molecule has 0 aliphatic carbocycles. The molecule has 0 atom stereocenters. The zero-order chi connectivity index (χ0) is 13.2. The largest absolute Gasteiger partial charge is 0.238 e. The first-order valence-electron chi connectivity index (χ1n) is 6.07. The molecule has 2 rings (SSSR count). The first kappa shape index (κ1) is 13.1. The van der Waals surface area contributed by atoms with E-state index in [-0.39, 0.29) is 4.90 Å². The minimum atomic E-state index is -3.69. The number of unbranched alkanes of at least 4 members (excludes halogenated alkanes) is 1. The third-order valence-electron chi connectivity index (χ3n) is 3.05. The Morgan fingerprint density at radius 3 is 2.50 bits per heavy atom. The lowest BCUT2D eigenvalue weighted by Gasteiger charge is -2.11. The number of primary sulfonamides is 1. The van der Waals surface area contributed by atoms with Gasteiger partial charge in [-0.1, -0.05) is 49.7 Å². The predicted molar refractivity (Wildman–Crippen MR) is 73.9 cm³/mol. The van der Waals surface area contributed by atoms with E-state index >= 15 is 0 Å². The van der Waals surface area contributed by atoms with E-state index in [1.54, 1.807) is 0 Å². The second kappa shape index (κ2) is 5.08. The summed E-state index contributed by atoms with van der Waals surface area (Å²) in [5, 5.41) is 6.99. The van der Waals surface area contributed by atoms with Crippen molar-refractivity contribution in [3.05, 3.63) is 42.0 Å². The van der Waals surface area contributed by atoms with Gasteiger partial charge in [0.25, 0.3) is 0 Å². The topological polar surface area (TPSA) is 60.2 Å². The van der Waals surface area contributed by atoms with Gasteiger partial charge in [-0.15, -0.1) is 0 Å². The van der Waals surface area contributed by atoms with E-state index in [1.807, 2.05) is 36.4 Å². The summed E-state index contributed by atoms with van der Waals surface area (Å²) in [4.78, 5) is 0.286. The van der Waals surface area contributed by atoms with Crippen LogP contribution in [0.5, 0.6) is 0 Å². The molecule has 4 heteroatoms. The maximum atomic E-state index is 11.8. The molecule has 0 aliphatic rings. The van der Waals surface area contributed by atoms with Gasteiger partial charge in [0.05, 0.1) is 4.90 Å². The van der Waals surface area contributed by atoms with E-state index in [9.17, 15) is 8.42 Å². The van der Waals surface area contributed by atoms with Crippen LogP contribution in [0.3, 0.4) is 0 Å². The Morgan fingerprint density at radius 2 is 1.83 bits per heavy atom. The van der Waals surface area contributed by atoms with Gasteiger partial charge in [0.1, 0.15) is 0 Å². The standard InChI is InChI=1S/C14H17NO2S/c1-2-3-6-12-10-9-11-7-4-5-8-13(11)14(12)18(15,16)17/h4-5,7-10H,2-3,6H2,1H3,(H2,15,16,17). The molecule has 0 bridgehead atoms. The van der Waals surface area contributed by atoms with Crippen LogP contribution < -0.4 is 5.14 Å². The van der Waals surface area contributed by atoms with Gasteiger partial charge in [-0.25, -0.2) is 13.6 Å². The molecule has 0 heterocycles. The van der Waals surface area contributed by atoms with E-state index in [0.29, 0.717) is 5.39 Å².